The lowest BCUT2D eigenvalue weighted by Crippen LogP contribution is -2.35. The average Bonchev–Trinajstić information content (AvgIpc) is 2.37. The summed E-state index contributed by atoms with van der Waals surface area (Å²) in [6.07, 6.45) is 2.63. The first-order valence-electron chi connectivity index (χ1n) is 5.38. The lowest BCUT2D eigenvalue weighted by Gasteiger charge is -2.17. The Bertz CT molecular complexity index is 449. The second-order valence-corrected chi connectivity index (χ2v) is 4.64. The van der Waals surface area contributed by atoms with Gasteiger partial charge in [-0.05, 0) is 25.3 Å². The van der Waals surface area contributed by atoms with Gasteiger partial charge in [-0.25, -0.2) is 9.78 Å². The Morgan fingerprint density at radius 3 is 2.67 bits per heavy atom. The molecule has 0 aliphatic carbocycles. The van der Waals surface area contributed by atoms with Crippen molar-refractivity contribution < 1.29 is 14.3 Å². The molecule has 1 heterocycles. The SMILES string of the molecule is CSc1ncccc1C(=O)O[C@H](C)C(=O)N(C)C. The van der Waals surface area contributed by atoms with E-state index in [2.05, 4.69) is 4.98 Å². The van der Waals surface area contributed by atoms with E-state index in [4.69, 9.17) is 4.74 Å². The van der Waals surface area contributed by atoms with Gasteiger partial charge in [-0.15, -0.1) is 11.8 Å². The number of thioether (sulfide) groups is 1. The van der Waals surface area contributed by atoms with Gasteiger partial charge in [-0.3, -0.25) is 4.79 Å². The number of aromatic nitrogens is 1. The molecule has 0 aromatic carbocycles. The molecule has 5 nitrogen and oxygen atoms in total. The van der Waals surface area contributed by atoms with Gasteiger partial charge in [-0.2, -0.15) is 0 Å². The van der Waals surface area contributed by atoms with Crippen molar-refractivity contribution in [3.05, 3.63) is 23.9 Å². The molecule has 0 saturated heterocycles. The average molecular weight is 268 g/mol. The van der Waals surface area contributed by atoms with E-state index in [1.54, 1.807) is 39.3 Å². The lowest BCUT2D eigenvalue weighted by atomic mass is 10.3. The number of rotatable bonds is 4. The van der Waals surface area contributed by atoms with E-state index in [-0.39, 0.29) is 5.91 Å². The van der Waals surface area contributed by atoms with Crippen molar-refractivity contribution in [1.29, 1.82) is 0 Å². The van der Waals surface area contributed by atoms with E-state index >= 15 is 0 Å². The van der Waals surface area contributed by atoms with Gasteiger partial charge in [0.15, 0.2) is 6.10 Å². The Balaban J connectivity index is 2.80. The van der Waals surface area contributed by atoms with E-state index in [0.717, 1.165) is 0 Å². The van der Waals surface area contributed by atoms with Gasteiger partial charge in [0.25, 0.3) is 5.91 Å². The van der Waals surface area contributed by atoms with Crippen molar-refractivity contribution in [2.75, 3.05) is 20.4 Å². The number of carbonyl (C=O) groups excluding carboxylic acids is 2. The van der Waals surface area contributed by atoms with Crippen molar-refractivity contribution in [2.45, 2.75) is 18.1 Å². The highest BCUT2D eigenvalue weighted by Gasteiger charge is 2.22. The molecular weight excluding hydrogens is 252 g/mol. The first-order chi connectivity index (χ1) is 8.47. The molecule has 0 N–H and O–H groups in total. The van der Waals surface area contributed by atoms with E-state index in [9.17, 15) is 9.59 Å². The van der Waals surface area contributed by atoms with Crippen LogP contribution in [0.1, 0.15) is 17.3 Å². The Hall–Kier alpha value is -1.56. The summed E-state index contributed by atoms with van der Waals surface area (Å²) in [4.78, 5) is 29.0. The van der Waals surface area contributed by atoms with Crippen LogP contribution in [0.15, 0.2) is 23.4 Å². The highest BCUT2D eigenvalue weighted by molar-refractivity contribution is 7.98. The highest BCUT2D eigenvalue weighted by atomic mass is 32.2. The summed E-state index contributed by atoms with van der Waals surface area (Å²) in [7, 11) is 3.23. The molecule has 0 spiro atoms. The number of hydrogen-bond donors (Lipinski definition) is 0. The normalized spacial score (nSPS) is 11.8. The minimum absolute atomic E-state index is 0.252. The Labute approximate surface area is 111 Å². The largest absolute Gasteiger partial charge is 0.449 e. The molecule has 0 aliphatic heterocycles. The number of likely N-dealkylation sites (N-methyl/N-ethyl adjacent to an activating group) is 1. The zero-order valence-electron chi connectivity index (χ0n) is 10.8. The first kappa shape index (κ1) is 14.5. The summed E-state index contributed by atoms with van der Waals surface area (Å²) in [5.41, 5.74) is 0.378. The predicted octanol–water partition coefficient (Wildman–Crippen LogP) is 1.44. The van der Waals surface area contributed by atoms with Crippen LogP contribution in [0.25, 0.3) is 0 Å². The molecule has 1 rings (SSSR count). The van der Waals surface area contributed by atoms with Crippen molar-refractivity contribution in [3.8, 4) is 0 Å². The molecule has 6 heteroatoms. The van der Waals surface area contributed by atoms with Gasteiger partial charge < -0.3 is 9.64 Å². The van der Waals surface area contributed by atoms with Gasteiger partial charge in [0.05, 0.1) is 5.56 Å². The summed E-state index contributed by atoms with van der Waals surface area (Å²) in [6.45, 7) is 1.55. The van der Waals surface area contributed by atoms with Crippen LogP contribution in [0.3, 0.4) is 0 Å². The maximum absolute atomic E-state index is 11.9. The maximum atomic E-state index is 11.9. The van der Waals surface area contributed by atoms with Gasteiger partial charge in [0.1, 0.15) is 5.03 Å². The third-order valence-corrected chi connectivity index (χ3v) is 2.97. The van der Waals surface area contributed by atoms with Crippen molar-refractivity contribution in [2.24, 2.45) is 0 Å². The van der Waals surface area contributed by atoms with Crippen molar-refractivity contribution in [3.63, 3.8) is 0 Å². The van der Waals surface area contributed by atoms with Crippen LogP contribution in [-0.2, 0) is 9.53 Å². The summed E-state index contributed by atoms with van der Waals surface area (Å²) in [6, 6.07) is 3.29. The Kier molecular flexibility index (Phi) is 5.15. The molecule has 1 aromatic heterocycles. The first-order valence-corrected chi connectivity index (χ1v) is 6.61. The molecule has 1 amide bonds. The monoisotopic (exact) mass is 268 g/mol. The number of nitrogens with zero attached hydrogens (tertiary/aromatic N) is 2. The maximum Gasteiger partial charge on any atom is 0.341 e. The zero-order chi connectivity index (χ0) is 13.7. The number of hydrogen-bond acceptors (Lipinski definition) is 5. The number of amides is 1. The van der Waals surface area contributed by atoms with Crippen LogP contribution in [0.2, 0.25) is 0 Å². The Morgan fingerprint density at radius 2 is 2.11 bits per heavy atom. The predicted molar refractivity (Wildman–Crippen MR) is 69.6 cm³/mol. The van der Waals surface area contributed by atoms with E-state index in [1.165, 1.54) is 16.7 Å². The van der Waals surface area contributed by atoms with E-state index in [1.807, 2.05) is 6.26 Å². The van der Waals surface area contributed by atoms with Gasteiger partial charge in [0, 0.05) is 20.3 Å². The molecule has 0 fully saturated rings. The minimum Gasteiger partial charge on any atom is -0.449 e. The fourth-order valence-electron chi connectivity index (χ4n) is 1.35. The number of pyridine rings is 1. The number of carbonyl (C=O) groups is 2. The summed E-state index contributed by atoms with van der Waals surface area (Å²) in [5.74, 6) is -0.784. The van der Waals surface area contributed by atoms with Gasteiger partial charge >= 0.3 is 5.97 Å². The van der Waals surface area contributed by atoms with Gasteiger partial charge in [-0.1, -0.05) is 0 Å². The molecule has 0 unspecified atom stereocenters. The fourth-order valence-corrected chi connectivity index (χ4v) is 1.88. The van der Waals surface area contributed by atoms with Crippen LogP contribution in [0.4, 0.5) is 0 Å². The van der Waals surface area contributed by atoms with E-state index < -0.39 is 12.1 Å². The molecule has 0 saturated carbocycles. The molecular formula is C12H16N2O3S. The zero-order valence-corrected chi connectivity index (χ0v) is 11.7. The Morgan fingerprint density at radius 1 is 1.44 bits per heavy atom. The smallest absolute Gasteiger partial charge is 0.341 e. The molecule has 98 valence electrons. The third-order valence-electron chi connectivity index (χ3n) is 2.26. The third kappa shape index (κ3) is 3.46. The molecule has 0 bridgehead atoms. The second-order valence-electron chi connectivity index (χ2n) is 3.84. The van der Waals surface area contributed by atoms with Crippen LogP contribution in [0, 0.1) is 0 Å². The highest BCUT2D eigenvalue weighted by Crippen LogP contribution is 2.18. The number of ether oxygens (including phenoxy) is 1. The van der Waals surface area contributed by atoms with E-state index in [0.29, 0.717) is 10.6 Å². The minimum atomic E-state index is -0.803. The molecule has 1 atom stereocenters. The van der Waals surface area contributed by atoms with Gasteiger partial charge in [0.2, 0.25) is 0 Å². The molecule has 18 heavy (non-hydrogen) atoms. The molecule has 1 aromatic rings. The fraction of sp³-hybridized carbons (Fsp3) is 0.417. The van der Waals surface area contributed by atoms with Crippen LogP contribution in [-0.4, -0.2) is 48.2 Å². The molecule has 0 radical (unpaired) electrons. The lowest BCUT2D eigenvalue weighted by molar-refractivity contribution is -0.137. The van der Waals surface area contributed by atoms with Crippen molar-refractivity contribution in [1.82, 2.24) is 9.88 Å². The topological polar surface area (TPSA) is 59.5 Å². The van der Waals surface area contributed by atoms with Crippen LogP contribution in [0.5, 0.6) is 0 Å². The van der Waals surface area contributed by atoms with Crippen molar-refractivity contribution >= 4 is 23.6 Å². The summed E-state index contributed by atoms with van der Waals surface area (Å²) in [5, 5.41) is 0.590. The number of esters is 1. The quantitative estimate of drug-likeness (QED) is 0.611. The van der Waals surface area contributed by atoms with Crippen LogP contribution >= 0.6 is 11.8 Å². The summed E-state index contributed by atoms with van der Waals surface area (Å²) < 4.78 is 5.12. The summed E-state index contributed by atoms with van der Waals surface area (Å²) >= 11 is 1.36. The standard InChI is InChI=1S/C12H16N2O3S/c1-8(11(15)14(2)3)17-12(16)9-6-5-7-13-10(9)18-4/h5-8H,1-4H3/t8-/m1/s1. The van der Waals surface area contributed by atoms with Crippen LogP contribution < -0.4 is 0 Å². The molecule has 0 aliphatic rings. The second kappa shape index (κ2) is 6.39.